The maximum Gasteiger partial charge on any atom is 0.243 e. The molecule has 0 aromatic heterocycles. The molecule has 12 heteroatoms. The highest BCUT2D eigenvalue weighted by molar-refractivity contribution is 7.89. The van der Waals surface area contributed by atoms with E-state index >= 15 is 0 Å². The van der Waals surface area contributed by atoms with Crippen LogP contribution in [0, 0.1) is 0 Å². The van der Waals surface area contributed by atoms with Crippen LogP contribution in [0.4, 0.5) is 5.69 Å². The third kappa shape index (κ3) is 7.45. The lowest BCUT2D eigenvalue weighted by atomic mass is 10.0. The second-order valence-corrected chi connectivity index (χ2v) is 11.0. The van der Waals surface area contributed by atoms with Crippen LogP contribution in [-0.4, -0.2) is 69.8 Å². The third-order valence-electron chi connectivity index (χ3n) is 6.19. The zero-order valence-corrected chi connectivity index (χ0v) is 22.8. The number of nitrogens with zero attached hydrogens (tertiary/aromatic N) is 1. The lowest BCUT2D eigenvalue weighted by molar-refractivity contribution is -0.128. The number of hydrogen-bond donors (Lipinski definition) is 3. The molecule has 0 aliphatic carbocycles. The van der Waals surface area contributed by atoms with Crippen molar-refractivity contribution < 1.29 is 32.3 Å². The summed E-state index contributed by atoms with van der Waals surface area (Å²) in [5.41, 5.74) is 1.29. The minimum atomic E-state index is -3.72. The third-order valence-corrected chi connectivity index (χ3v) is 8.11. The summed E-state index contributed by atoms with van der Waals surface area (Å²) in [6.45, 7) is 3.20. The van der Waals surface area contributed by atoms with Crippen LogP contribution in [0.5, 0.6) is 11.5 Å². The van der Waals surface area contributed by atoms with Crippen molar-refractivity contribution >= 4 is 33.4 Å². The molecule has 206 valence electrons. The van der Waals surface area contributed by atoms with Crippen molar-refractivity contribution in [1.29, 1.82) is 0 Å². The van der Waals surface area contributed by atoms with Crippen LogP contribution in [-0.2, 0) is 30.8 Å². The van der Waals surface area contributed by atoms with E-state index in [2.05, 4.69) is 16.0 Å². The first-order valence-corrected chi connectivity index (χ1v) is 13.6. The summed E-state index contributed by atoms with van der Waals surface area (Å²) in [6, 6.07) is 10.3. The van der Waals surface area contributed by atoms with Crippen molar-refractivity contribution in [2.75, 3.05) is 32.6 Å². The number of hydrogen-bond acceptors (Lipinski definition) is 7. The van der Waals surface area contributed by atoms with Crippen LogP contribution in [0.2, 0.25) is 0 Å². The van der Waals surface area contributed by atoms with Crippen LogP contribution in [0.25, 0.3) is 0 Å². The maximum atomic E-state index is 13.1. The number of amides is 3. The first kappa shape index (κ1) is 28.9. The summed E-state index contributed by atoms with van der Waals surface area (Å²) in [5.74, 6) is 0.155. The Morgan fingerprint density at radius 2 is 1.58 bits per heavy atom. The average molecular weight is 547 g/mol. The molecule has 0 radical (unpaired) electrons. The normalized spacial score (nSPS) is 15.3. The predicted molar refractivity (Wildman–Crippen MR) is 142 cm³/mol. The molecule has 1 atom stereocenters. The molecule has 3 rings (SSSR count). The maximum absolute atomic E-state index is 13.1. The van der Waals surface area contributed by atoms with Gasteiger partial charge in [0.2, 0.25) is 27.7 Å². The number of rotatable bonds is 10. The molecule has 1 heterocycles. The smallest absolute Gasteiger partial charge is 0.243 e. The van der Waals surface area contributed by atoms with E-state index in [0.717, 1.165) is 5.56 Å². The molecule has 1 saturated heterocycles. The predicted octanol–water partition coefficient (Wildman–Crippen LogP) is 1.68. The highest BCUT2D eigenvalue weighted by Crippen LogP contribution is 2.28. The lowest BCUT2D eigenvalue weighted by Crippen LogP contribution is -2.53. The number of benzene rings is 2. The van der Waals surface area contributed by atoms with Gasteiger partial charge in [0.15, 0.2) is 11.5 Å². The average Bonchev–Trinajstić information content (AvgIpc) is 2.88. The van der Waals surface area contributed by atoms with Gasteiger partial charge in [0, 0.05) is 45.1 Å². The summed E-state index contributed by atoms with van der Waals surface area (Å²) < 4.78 is 38.1. The van der Waals surface area contributed by atoms with Crippen LogP contribution >= 0.6 is 0 Å². The van der Waals surface area contributed by atoms with E-state index in [1.54, 1.807) is 30.3 Å². The molecule has 2 aromatic carbocycles. The minimum absolute atomic E-state index is 0.134. The Morgan fingerprint density at radius 1 is 0.947 bits per heavy atom. The molecule has 38 heavy (non-hydrogen) atoms. The highest BCUT2D eigenvalue weighted by Gasteiger charge is 2.31. The molecule has 0 bridgehead atoms. The Hall–Kier alpha value is -3.64. The van der Waals surface area contributed by atoms with Crippen molar-refractivity contribution in [2.45, 2.75) is 50.1 Å². The number of carbonyl (C=O) groups is 3. The quantitative estimate of drug-likeness (QED) is 0.411. The molecule has 1 aliphatic heterocycles. The van der Waals surface area contributed by atoms with Gasteiger partial charge >= 0.3 is 0 Å². The van der Waals surface area contributed by atoms with Gasteiger partial charge in [0.25, 0.3) is 0 Å². The summed E-state index contributed by atoms with van der Waals surface area (Å²) in [5, 5.41) is 8.27. The number of carbonyl (C=O) groups excluding carboxylic acids is 3. The van der Waals surface area contributed by atoms with Gasteiger partial charge in [0.05, 0.1) is 19.1 Å². The fourth-order valence-electron chi connectivity index (χ4n) is 4.30. The molecule has 0 saturated carbocycles. The zero-order chi connectivity index (χ0) is 27.9. The van der Waals surface area contributed by atoms with Crippen LogP contribution < -0.4 is 25.4 Å². The molecule has 3 amide bonds. The van der Waals surface area contributed by atoms with Crippen molar-refractivity contribution in [3.8, 4) is 11.5 Å². The standard InChI is InChI=1S/C26H34N4O7S/c1-17(31)27-20-6-8-22(9-7-20)38(34,35)30-13-11-21(12-14-30)29-26(33)23(28-18(2)32)15-19-5-10-24(36-3)25(16-19)37-4/h5-10,16,21,23H,11-15H2,1-4H3,(H,27,31)(H,28,32)(H,29,33). The number of piperidine rings is 1. The number of nitrogens with one attached hydrogen (secondary N) is 3. The second kappa shape index (κ2) is 12.7. The van der Waals surface area contributed by atoms with Gasteiger partial charge in [-0.2, -0.15) is 4.31 Å². The van der Waals surface area contributed by atoms with Crippen molar-refractivity contribution in [3.05, 3.63) is 48.0 Å². The topological polar surface area (TPSA) is 143 Å². The largest absolute Gasteiger partial charge is 0.493 e. The Labute approximate surface area is 222 Å². The summed E-state index contributed by atoms with van der Waals surface area (Å²) in [4.78, 5) is 36.2. The van der Waals surface area contributed by atoms with E-state index in [9.17, 15) is 22.8 Å². The first-order chi connectivity index (χ1) is 18.0. The first-order valence-electron chi connectivity index (χ1n) is 12.2. The van der Waals surface area contributed by atoms with Crippen molar-refractivity contribution in [1.82, 2.24) is 14.9 Å². The van der Waals surface area contributed by atoms with E-state index in [1.165, 1.54) is 44.5 Å². The van der Waals surface area contributed by atoms with E-state index in [0.29, 0.717) is 30.0 Å². The van der Waals surface area contributed by atoms with Crippen LogP contribution in [0.15, 0.2) is 47.4 Å². The molecular weight excluding hydrogens is 512 g/mol. The second-order valence-electron chi connectivity index (χ2n) is 9.04. The van der Waals surface area contributed by atoms with Crippen molar-refractivity contribution in [3.63, 3.8) is 0 Å². The summed E-state index contributed by atoms with van der Waals surface area (Å²) in [7, 11) is -0.662. The number of anilines is 1. The Morgan fingerprint density at radius 3 is 2.13 bits per heavy atom. The Balaban J connectivity index is 1.61. The van der Waals surface area contributed by atoms with E-state index in [4.69, 9.17) is 9.47 Å². The highest BCUT2D eigenvalue weighted by atomic mass is 32.2. The molecule has 1 aliphatic rings. The van der Waals surface area contributed by atoms with Gasteiger partial charge in [0.1, 0.15) is 6.04 Å². The molecule has 1 fully saturated rings. The van der Waals surface area contributed by atoms with Gasteiger partial charge in [-0.15, -0.1) is 0 Å². The van der Waals surface area contributed by atoms with E-state index in [1.807, 2.05) is 0 Å². The van der Waals surface area contributed by atoms with E-state index in [-0.39, 0.29) is 48.2 Å². The number of methoxy groups -OCH3 is 2. The van der Waals surface area contributed by atoms with Gasteiger partial charge < -0.3 is 25.4 Å². The van der Waals surface area contributed by atoms with Gasteiger partial charge in [-0.25, -0.2) is 8.42 Å². The van der Waals surface area contributed by atoms with Crippen LogP contribution in [0.3, 0.4) is 0 Å². The summed E-state index contributed by atoms with van der Waals surface area (Å²) in [6.07, 6.45) is 1.10. The molecule has 11 nitrogen and oxygen atoms in total. The molecule has 0 spiro atoms. The van der Waals surface area contributed by atoms with Gasteiger partial charge in [-0.3, -0.25) is 14.4 Å². The SMILES string of the molecule is COc1ccc(CC(NC(C)=O)C(=O)NC2CCN(S(=O)(=O)c3ccc(NC(C)=O)cc3)CC2)cc1OC. The lowest BCUT2D eigenvalue weighted by Gasteiger charge is -2.32. The van der Waals surface area contributed by atoms with Crippen LogP contribution in [0.1, 0.15) is 32.3 Å². The Bertz CT molecular complexity index is 1260. The zero-order valence-electron chi connectivity index (χ0n) is 21.9. The fourth-order valence-corrected chi connectivity index (χ4v) is 5.77. The molecule has 3 N–H and O–H groups in total. The summed E-state index contributed by atoms with van der Waals surface area (Å²) >= 11 is 0. The fraction of sp³-hybridized carbons (Fsp3) is 0.423. The monoisotopic (exact) mass is 546 g/mol. The minimum Gasteiger partial charge on any atom is -0.493 e. The van der Waals surface area contributed by atoms with E-state index < -0.39 is 16.1 Å². The molecule has 2 aromatic rings. The molecular formula is C26H34N4O7S. The molecule has 1 unspecified atom stereocenters. The van der Waals surface area contributed by atoms with Crippen molar-refractivity contribution in [2.24, 2.45) is 0 Å². The Kier molecular flexibility index (Phi) is 9.70. The van der Waals surface area contributed by atoms with Gasteiger partial charge in [-0.05, 0) is 54.8 Å². The number of ether oxygens (including phenoxy) is 2. The number of sulfonamides is 1. The van der Waals surface area contributed by atoms with Gasteiger partial charge in [-0.1, -0.05) is 6.07 Å².